The highest BCUT2D eigenvalue weighted by Gasteiger charge is 2.29. The number of amides is 1. The summed E-state index contributed by atoms with van der Waals surface area (Å²) in [6, 6.07) is 2.00. The molecule has 0 bridgehead atoms. The van der Waals surface area contributed by atoms with Crippen molar-refractivity contribution < 1.29 is 4.79 Å². The van der Waals surface area contributed by atoms with Crippen LogP contribution in [0.15, 0.2) is 16.8 Å². The van der Waals surface area contributed by atoms with Gasteiger partial charge in [0.2, 0.25) is 5.91 Å². The molecule has 0 aromatic carbocycles. The minimum Gasteiger partial charge on any atom is -0.355 e. The lowest BCUT2D eigenvalue weighted by atomic mass is 10.2. The summed E-state index contributed by atoms with van der Waals surface area (Å²) in [4.78, 5) is 12.0. The zero-order chi connectivity index (χ0) is 10.7. The molecule has 1 aromatic rings. The monoisotopic (exact) mass is 287 g/mol. The van der Waals surface area contributed by atoms with Gasteiger partial charge >= 0.3 is 0 Å². The average Bonchev–Trinajstić information content (AvgIpc) is 2.95. The summed E-state index contributed by atoms with van der Waals surface area (Å²) in [7, 11) is 0. The molecule has 1 N–H and O–H groups in total. The van der Waals surface area contributed by atoms with Crippen LogP contribution in [0.4, 0.5) is 0 Å². The molecular weight excluding hydrogens is 274 g/mol. The maximum atomic E-state index is 11.5. The first-order valence-electron chi connectivity index (χ1n) is 5.17. The van der Waals surface area contributed by atoms with Gasteiger partial charge in [-0.25, -0.2) is 0 Å². The SMILES string of the molecule is O=C(Cc1ccsc1)NCC(Br)C1CC1. The molecule has 1 aliphatic rings. The second kappa shape index (κ2) is 5.12. The van der Waals surface area contributed by atoms with Crippen molar-refractivity contribution in [3.8, 4) is 0 Å². The number of halogens is 1. The van der Waals surface area contributed by atoms with Crippen molar-refractivity contribution in [3.05, 3.63) is 22.4 Å². The Bertz CT molecular complexity index is 321. The highest BCUT2D eigenvalue weighted by molar-refractivity contribution is 9.09. The number of thiophene rings is 1. The van der Waals surface area contributed by atoms with E-state index in [1.165, 1.54) is 12.8 Å². The van der Waals surface area contributed by atoms with Crippen LogP contribution in [0.25, 0.3) is 0 Å². The Morgan fingerprint density at radius 1 is 1.67 bits per heavy atom. The van der Waals surface area contributed by atoms with E-state index < -0.39 is 0 Å². The van der Waals surface area contributed by atoms with E-state index in [1.807, 2.05) is 16.8 Å². The van der Waals surface area contributed by atoms with Crippen LogP contribution < -0.4 is 5.32 Å². The zero-order valence-corrected chi connectivity index (χ0v) is 10.8. The van der Waals surface area contributed by atoms with Crippen molar-refractivity contribution in [2.45, 2.75) is 24.1 Å². The van der Waals surface area contributed by atoms with Gasteiger partial charge in [-0.2, -0.15) is 11.3 Å². The third kappa shape index (κ3) is 3.61. The van der Waals surface area contributed by atoms with Crippen LogP contribution in [0, 0.1) is 5.92 Å². The number of carbonyl (C=O) groups is 1. The fraction of sp³-hybridized carbons (Fsp3) is 0.545. The van der Waals surface area contributed by atoms with Gasteiger partial charge in [-0.05, 0) is 41.1 Å². The molecule has 2 rings (SSSR count). The van der Waals surface area contributed by atoms with Crippen LogP contribution in [0.3, 0.4) is 0 Å². The summed E-state index contributed by atoms with van der Waals surface area (Å²) in [5.74, 6) is 0.907. The zero-order valence-electron chi connectivity index (χ0n) is 8.41. The first kappa shape index (κ1) is 11.1. The van der Waals surface area contributed by atoms with E-state index in [9.17, 15) is 4.79 Å². The fourth-order valence-electron chi connectivity index (χ4n) is 1.48. The molecule has 1 aliphatic carbocycles. The third-order valence-electron chi connectivity index (χ3n) is 2.57. The van der Waals surface area contributed by atoms with Crippen LogP contribution in [0.5, 0.6) is 0 Å². The van der Waals surface area contributed by atoms with E-state index in [0.717, 1.165) is 18.0 Å². The van der Waals surface area contributed by atoms with Gasteiger partial charge in [0.25, 0.3) is 0 Å². The molecule has 1 unspecified atom stereocenters. The Hall–Kier alpha value is -0.350. The van der Waals surface area contributed by atoms with E-state index in [2.05, 4.69) is 21.2 Å². The standard InChI is InChI=1S/C11H14BrNOS/c12-10(9-1-2-9)6-13-11(14)5-8-3-4-15-7-8/h3-4,7,9-10H,1-2,5-6H2,(H,13,14). The minimum absolute atomic E-state index is 0.124. The number of rotatable bonds is 5. The van der Waals surface area contributed by atoms with Crippen LogP contribution in [-0.4, -0.2) is 17.3 Å². The van der Waals surface area contributed by atoms with Gasteiger partial charge in [0.15, 0.2) is 0 Å². The van der Waals surface area contributed by atoms with Crippen molar-refractivity contribution in [2.24, 2.45) is 5.92 Å². The maximum Gasteiger partial charge on any atom is 0.224 e. The van der Waals surface area contributed by atoms with Crippen molar-refractivity contribution in [1.29, 1.82) is 0 Å². The molecule has 4 heteroatoms. The maximum absolute atomic E-state index is 11.5. The Labute approximate surface area is 102 Å². The molecule has 1 fully saturated rings. The van der Waals surface area contributed by atoms with Gasteiger partial charge in [-0.1, -0.05) is 15.9 Å². The molecule has 1 saturated carbocycles. The second-order valence-electron chi connectivity index (χ2n) is 3.97. The van der Waals surface area contributed by atoms with Gasteiger partial charge in [0.1, 0.15) is 0 Å². The molecule has 1 amide bonds. The van der Waals surface area contributed by atoms with Crippen LogP contribution in [-0.2, 0) is 11.2 Å². The highest BCUT2D eigenvalue weighted by atomic mass is 79.9. The van der Waals surface area contributed by atoms with E-state index >= 15 is 0 Å². The fourth-order valence-corrected chi connectivity index (χ4v) is 2.84. The Morgan fingerprint density at radius 3 is 3.07 bits per heavy atom. The van der Waals surface area contributed by atoms with Gasteiger partial charge < -0.3 is 5.32 Å². The third-order valence-corrected chi connectivity index (χ3v) is 4.38. The molecule has 1 atom stereocenters. The molecule has 1 aromatic heterocycles. The van der Waals surface area contributed by atoms with Crippen molar-refractivity contribution in [2.75, 3.05) is 6.54 Å². The molecule has 0 spiro atoms. The van der Waals surface area contributed by atoms with Crippen molar-refractivity contribution in [3.63, 3.8) is 0 Å². The Morgan fingerprint density at radius 2 is 2.47 bits per heavy atom. The van der Waals surface area contributed by atoms with Gasteiger partial charge in [0.05, 0.1) is 6.42 Å². The number of alkyl halides is 1. The second-order valence-corrected chi connectivity index (χ2v) is 5.92. The van der Waals surface area contributed by atoms with Gasteiger partial charge in [-0.15, -0.1) is 0 Å². The van der Waals surface area contributed by atoms with Crippen LogP contribution in [0.1, 0.15) is 18.4 Å². The number of hydrogen-bond acceptors (Lipinski definition) is 2. The molecule has 0 saturated heterocycles. The average molecular weight is 288 g/mol. The first-order chi connectivity index (χ1) is 7.25. The number of nitrogens with one attached hydrogen (secondary N) is 1. The first-order valence-corrected chi connectivity index (χ1v) is 7.03. The molecule has 0 radical (unpaired) electrons. The predicted molar refractivity (Wildman–Crippen MR) is 66.5 cm³/mol. The summed E-state index contributed by atoms with van der Waals surface area (Å²) in [6.07, 6.45) is 3.11. The summed E-state index contributed by atoms with van der Waals surface area (Å²) in [5, 5.41) is 6.98. The molecule has 1 heterocycles. The van der Waals surface area contributed by atoms with Gasteiger partial charge in [0, 0.05) is 11.4 Å². The summed E-state index contributed by atoms with van der Waals surface area (Å²) in [5.41, 5.74) is 1.11. The van der Waals surface area contributed by atoms with Gasteiger partial charge in [-0.3, -0.25) is 4.79 Å². The molecule has 15 heavy (non-hydrogen) atoms. The van der Waals surface area contributed by atoms with E-state index in [0.29, 0.717) is 11.2 Å². The lowest BCUT2D eigenvalue weighted by molar-refractivity contribution is -0.120. The Balaban J connectivity index is 1.68. The lowest BCUT2D eigenvalue weighted by Gasteiger charge is -2.09. The lowest BCUT2D eigenvalue weighted by Crippen LogP contribution is -2.31. The molecule has 2 nitrogen and oxygen atoms in total. The van der Waals surface area contributed by atoms with E-state index in [4.69, 9.17) is 0 Å². The number of hydrogen-bond donors (Lipinski definition) is 1. The smallest absolute Gasteiger partial charge is 0.224 e. The normalized spacial score (nSPS) is 17.4. The van der Waals surface area contributed by atoms with Crippen LogP contribution >= 0.6 is 27.3 Å². The van der Waals surface area contributed by atoms with Crippen molar-refractivity contribution >= 4 is 33.2 Å². The summed E-state index contributed by atoms with van der Waals surface area (Å²) >= 11 is 5.23. The van der Waals surface area contributed by atoms with Crippen molar-refractivity contribution in [1.82, 2.24) is 5.32 Å². The topological polar surface area (TPSA) is 29.1 Å². The molecule has 0 aliphatic heterocycles. The van der Waals surface area contributed by atoms with Crippen LogP contribution in [0.2, 0.25) is 0 Å². The molecule has 82 valence electrons. The predicted octanol–water partition coefficient (Wildman–Crippen LogP) is 2.58. The van der Waals surface area contributed by atoms with E-state index in [-0.39, 0.29) is 5.91 Å². The summed E-state index contributed by atoms with van der Waals surface area (Å²) in [6.45, 7) is 0.758. The minimum atomic E-state index is 0.124. The number of carbonyl (C=O) groups excluding carboxylic acids is 1. The highest BCUT2D eigenvalue weighted by Crippen LogP contribution is 2.36. The Kier molecular flexibility index (Phi) is 3.81. The summed E-state index contributed by atoms with van der Waals surface area (Å²) < 4.78 is 0. The molecular formula is C11H14BrNOS. The van der Waals surface area contributed by atoms with E-state index in [1.54, 1.807) is 11.3 Å². The quantitative estimate of drug-likeness (QED) is 0.829. The largest absolute Gasteiger partial charge is 0.355 e.